The van der Waals surface area contributed by atoms with Gasteiger partial charge in [-0.1, -0.05) is 17.7 Å². The van der Waals surface area contributed by atoms with E-state index in [0.717, 1.165) is 23.1 Å². The zero-order chi connectivity index (χ0) is 15.1. The maximum absolute atomic E-state index is 13.7. The molecule has 106 valence electrons. The van der Waals surface area contributed by atoms with E-state index in [2.05, 4.69) is 0 Å². The van der Waals surface area contributed by atoms with Gasteiger partial charge in [0, 0.05) is 10.9 Å². The smallest absolute Gasteiger partial charge is 0.234 e. The highest BCUT2D eigenvalue weighted by atomic mass is 19.1. The van der Waals surface area contributed by atoms with Crippen molar-refractivity contribution in [3.05, 3.63) is 70.5 Å². The molecule has 0 fully saturated rings. The molecule has 3 rings (SSSR count). The Balaban J connectivity index is 2.21. The van der Waals surface area contributed by atoms with Gasteiger partial charge in [-0.3, -0.25) is 4.79 Å². The summed E-state index contributed by atoms with van der Waals surface area (Å²) in [4.78, 5) is 12.4. The van der Waals surface area contributed by atoms with Crippen molar-refractivity contribution in [1.82, 2.24) is 0 Å². The second kappa shape index (κ2) is 4.81. The van der Waals surface area contributed by atoms with Crippen LogP contribution in [0.5, 0.6) is 0 Å². The van der Waals surface area contributed by atoms with Gasteiger partial charge in [-0.05, 0) is 38.1 Å². The molecule has 3 aromatic rings. The van der Waals surface area contributed by atoms with Crippen molar-refractivity contribution in [1.29, 1.82) is 0 Å². The number of ketones is 1. The largest absolute Gasteiger partial charge is 0.452 e. The van der Waals surface area contributed by atoms with E-state index in [4.69, 9.17) is 4.42 Å². The van der Waals surface area contributed by atoms with Crippen LogP contribution in [0.4, 0.5) is 8.78 Å². The van der Waals surface area contributed by atoms with Crippen molar-refractivity contribution in [2.75, 3.05) is 0 Å². The minimum absolute atomic E-state index is 0.0281. The van der Waals surface area contributed by atoms with Crippen LogP contribution in [0.3, 0.4) is 0 Å². The number of hydrogen-bond donors (Lipinski definition) is 0. The molecule has 0 bridgehead atoms. The second-order valence-corrected chi connectivity index (χ2v) is 4.98. The molecule has 0 spiro atoms. The summed E-state index contributed by atoms with van der Waals surface area (Å²) in [5.74, 6) is -2.59. The van der Waals surface area contributed by atoms with Crippen LogP contribution in [-0.4, -0.2) is 5.78 Å². The van der Waals surface area contributed by atoms with E-state index in [-0.39, 0.29) is 5.76 Å². The Hall–Kier alpha value is -2.49. The normalized spacial score (nSPS) is 11.0. The predicted molar refractivity (Wildman–Crippen MR) is 75.5 cm³/mol. The molecule has 0 saturated carbocycles. The van der Waals surface area contributed by atoms with Crippen molar-refractivity contribution in [3.8, 4) is 0 Å². The third kappa shape index (κ3) is 2.13. The molecule has 2 nitrogen and oxygen atoms in total. The average Bonchev–Trinajstić information content (AvgIpc) is 2.76. The van der Waals surface area contributed by atoms with Gasteiger partial charge in [-0.15, -0.1) is 0 Å². The van der Waals surface area contributed by atoms with E-state index < -0.39 is 23.0 Å². The number of rotatable bonds is 2. The van der Waals surface area contributed by atoms with Crippen LogP contribution >= 0.6 is 0 Å². The molecule has 0 unspecified atom stereocenters. The molecular formula is C17H12F2O2. The van der Waals surface area contributed by atoms with Gasteiger partial charge in [0.05, 0.1) is 5.56 Å². The van der Waals surface area contributed by atoms with Gasteiger partial charge in [-0.25, -0.2) is 8.78 Å². The Bertz CT molecular complexity index is 842. The first-order valence-electron chi connectivity index (χ1n) is 6.47. The summed E-state index contributed by atoms with van der Waals surface area (Å²) in [6, 6.07) is 8.80. The summed E-state index contributed by atoms with van der Waals surface area (Å²) in [5.41, 5.74) is 1.54. The van der Waals surface area contributed by atoms with Crippen LogP contribution in [0.15, 0.2) is 40.8 Å². The molecule has 0 aliphatic rings. The Morgan fingerprint density at radius 3 is 2.38 bits per heavy atom. The Labute approximate surface area is 120 Å². The molecule has 0 N–H and O–H groups in total. The van der Waals surface area contributed by atoms with Gasteiger partial charge in [-0.2, -0.15) is 0 Å². The maximum atomic E-state index is 13.7. The standard InChI is InChI=1S/C17H12F2O2/c1-9-6-7-14-11(8-9)10(2)17(21-14)16(20)15-12(18)4-3-5-13(15)19/h3-8H,1-2H3. The fraction of sp³-hybridized carbons (Fsp3) is 0.118. The predicted octanol–water partition coefficient (Wildman–Crippen LogP) is 4.56. The first-order chi connectivity index (χ1) is 9.99. The Kier molecular flexibility index (Phi) is 3.09. The highest BCUT2D eigenvalue weighted by Gasteiger charge is 2.24. The number of halogens is 2. The summed E-state index contributed by atoms with van der Waals surface area (Å²) in [7, 11) is 0. The molecule has 0 radical (unpaired) electrons. The van der Waals surface area contributed by atoms with Crippen LogP contribution in [0.1, 0.15) is 27.2 Å². The van der Waals surface area contributed by atoms with Gasteiger partial charge >= 0.3 is 0 Å². The third-order valence-electron chi connectivity index (χ3n) is 3.49. The zero-order valence-electron chi connectivity index (χ0n) is 11.5. The number of aryl methyl sites for hydroxylation is 2. The summed E-state index contributed by atoms with van der Waals surface area (Å²) in [5, 5.41) is 0.773. The minimum Gasteiger partial charge on any atom is -0.452 e. The minimum atomic E-state index is -0.893. The topological polar surface area (TPSA) is 30.2 Å². The molecule has 0 amide bonds. The lowest BCUT2D eigenvalue weighted by Crippen LogP contribution is -2.07. The lowest BCUT2D eigenvalue weighted by Gasteiger charge is -2.02. The summed E-state index contributed by atoms with van der Waals surface area (Å²) in [6.45, 7) is 3.63. The number of hydrogen-bond acceptors (Lipinski definition) is 2. The fourth-order valence-electron chi connectivity index (χ4n) is 2.38. The molecule has 21 heavy (non-hydrogen) atoms. The van der Waals surface area contributed by atoms with Crippen LogP contribution in [0, 0.1) is 25.5 Å². The molecule has 0 aliphatic heterocycles. The van der Waals surface area contributed by atoms with E-state index in [1.54, 1.807) is 13.0 Å². The maximum Gasteiger partial charge on any atom is 0.234 e. The highest BCUT2D eigenvalue weighted by molar-refractivity contribution is 6.10. The van der Waals surface area contributed by atoms with Crippen molar-refractivity contribution >= 4 is 16.8 Å². The van der Waals surface area contributed by atoms with Crippen molar-refractivity contribution < 1.29 is 18.0 Å². The van der Waals surface area contributed by atoms with E-state index in [1.807, 2.05) is 19.1 Å². The number of benzene rings is 2. The molecule has 2 aromatic carbocycles. The van der Waals surface area contributed by atoms with E-state index in [9.17, 15) is 13.6 Å². The monoisotopic (exact) mass is 286 g/mol. The van der Waals surface area contributed by atoms with Crippen molar-refractivity contribution in [2.24, 2.45) is 0 Å². The number of carbonyl (C=O) groups excluding carboxylic acids is 1. The van der Waals surface area contributed by atoms with E-state index in [1.165, 1.54) is 6.07 Å². The molecular weight excluding hydrogens is 274 g/mol. The number of fused-ring (bicyclic) bond motifs is 1. The second-order valence-electron chi connectivity index (χ2n) is 4.98. The summed E-state index contributed by atoms with van der Waals surface area (Å²) in [6.07, 6.45) is 0. The van der Waals surface area contributed by atoms with Crippen LogP contribution in [0.2, 0.25) is 0 Å². The molecule has 1 aromatic heterocycles. The van der Waals surface area contributed by atoms with Crippen molar-refractivity contribution in [3.63, 3.8) is 0 Å². The van der Waals surface area contributed by atoms with Crippen LogP contribution < -0.4 is 0 Å². The van der Waals surface area contributed by atoms with Crippen molar-refractivity contribution in [2.45, 2.75) is 13.8 Å². The zero-order valence-corrected chi connectivity index (χ0v) is 11.5. The van der Waals surface area contributed by atoms with Gasteiger partial charge in [0.1, 0.15) is 17.2 Å². The molecule has 0 atom stereocenters. The van der Waals surface area contributed by atoms with Crippen LogP contribution in [-0.2, 0) is 0 Å². The average molecular weight is 286 g/mol. The van der Waals surface area contributed by atoms with E-state index in [0.29, 0.717) is 11.1 Å². The summed E-state index contributed by atoms with van der Waals surface area (Å²) < 4.78 is 33.0. The fourth-order valence-corrected chi connectivity index (χ4v) is 2.38. The molecule has 4 heteroatoms. The lowest BCUT2D eigenvalue weighted by atomic mass is 10.0. The van der Waals surface area contributed by atoms with Gasteiger partial charge < -0.3 is 4.42 Å². The molecule has 0 aliphatic carbocycles. The molecule has 1 heterocycles. The first-order valence-corrected chi connectivity index (χ1v) is 6.47. The SMILES string of the molecule is Cc1ccc2oc(C(=O)c3c(F)cccc3F)c(C)c2c1. The highest BCUT2D eigenvalue weighted by Crippen LogP contribution is 2.29. The Morgan fingerprint density at radius 2 is 1.71 bits per heavy atom. The van der Waals surface area contributed by atoms with Crippen LogP contribution in [0.25, 0.3) is 11.0 Å². The number of carbonyl (C=O) groups is 1. The number of furan rings is 1. The van der Waals surface area contributed by atoms with E-state index >= 15 is 0 Å². The Morgan fingerprint density at radius 1 is 1.05 bits per heavy atom. The summed E-state index contributed by atoms with van der Waals surface area (Å²) >= 11 is 0. The molecule has 0 saturated heterocycles. The van der Waals surface area contributed by atoms with Gasteiger partial charge in [0.2, 0.25) is 5.78 Å². The van der Waals surface area contributed by atoms with Gasteiger partial charge in [0.15, 0.2) is 5.76 Å². The quantitative estimate of drug-likeness (QED) is 0.646. The first kappa shape index (κ1) is 13.5. The third-order valence-corrected chi connectivity index (χ3v) is 3.49. The van der Waals surface area contributed by atoms with Gasteiger partial charge in [0.25, 0.3) is 0 Å². The lowest BCUT2D eigenvalue weighted by molar-refractivity contribution is 0.100.